The van der Waals surface area contributed by atoms with Gasteiger partial charge in [-0.05, 0) is 23.6 Å². The first-order valence-corrected chi connectivity index (χ1v) is 5.67. The van der Waals surface area contributed by atoms with Crippen LogP contribution in [0.25, 0.3) is 0 Å². The number of anilines is 1. The van der Waals surface area contributed by atoms with Crippen molar-refractivity contribution in [3.8, 4) is 0 Å². The van der Waals surface area contributed by atoms with Crippen LogP contribution in [0.15, 0.2) is 18.2 Å². The van der Waals surface area contributed by atoms with E-state index in [1.165, 1.54) is 0 Å². The lowest BCUT2D eigenvalue weighted by molar-refractivity contribution is 0.112. The van der Waals surface area contributed by atoms with Gasteiger partial charge in [-0.1, -0.05) is 32.4 Å². The summed E-state index contributed by atoms with van der Waals surface area (Å²) >= 11 is 5.99. The molecule has 0 bridgehead atoms. The van der Waals surface area contributed by atoms with Gasteiger partial charge in [-0.2, -0.15) is 0 Å². The third kappa shape index (κ3) is 3.53. The van der Waals surface area contributed by atoms with Crippen molar-refractivity contribution in [3.63, 3.8) is 0 Å². The maximum atomic E-state index is 10.6. The van der Waals surface area contributed by atoms with Crippen molar-refractivity contribution in [1.29, 1.82) is 0 Å². The Bertz CT molecular complexity index is 382. The van der Waals surface area contributed by atoms with Gasteiger partial charge < -0.3 is 4.90 Å². The van der Waals surface area contributed by atoms with E-state index >= 15 is 0 Å². The Balaban J connectivity index is 2.89. The summed E-state index contributed by atoms with van der Waals surface area (Å²) in [5, 5.41) is 0.508. The van der Waals surface area contributed by atoms with E-state index in [0.717, 1.165) is 18.5 Å². The zero-order valence-corrected chi connectivity index (χ0v) is 11.0. The fourth-order valence-electron chi connectivity index (χ4n) is 1.65. The van der Waals surface area contributed by atoms with Crippen LogP contribution in [0, 0.1) is 5.41 Å². The average Bonchev–Trinajstić information content (AvgIpc) is 2.15. The molecule has 0 radical (unpaired) electrons. The zero-order valence-electron chi connectivity index (χ0n) is 10.2. The molecule has 0 atom stereocenters. The molecule has 0 N–H and O–H groups in total. The summed E-state index contributed by atoms with van der Waals surface area (Å²) in [6.07, 6.45) is 0.774. The summed E-state index contributed by atoms with van der Waals surface area (Å²) in [5.74, 6) is 0. The minimum absolute atomic E-state index is 0.227. The summed E-state index contributed by atoms with van der Waals surface area (Å²) in [7, 11) is 2.03. The molecule has 1 rings (SSSR count). The van der Waals surface area contributed by atoms with Gasteiger partial charge in [0, 0.05) is 24.8 Å². The summed E-state index contributed by atoms with van der Waals surface area (Å²) in [4.78, 5) is 12.8. The first-order valence-electron chi connectivity index (χ1n) is 5.29. The summed E-state index contributed by atoms with van der Waals surface area (Å²) in [5.41, 5.74) is 1.80. The maximum absolute atomic E-state index is 10.6. The molecule has 0 fully saturated rings. The fourth-order valence-corrected chi connectivity index (χ4v) is 1.87. The fraction of sp³-hybridized carbons (Fsp3) is 0.462. The number of carbonyl (C=O) groups is 1. The van der Waals surface area contributed by atoms with E-state index in [1.54, 1.807) is 6.07 Å². The van der Waals surface area contributed by atoms with Crippen molar-refractivity contribution in [3.05, 3.63) is 28.8 Å². The summed E-state index contributed by atoms with van der Waals surface area (Å²) < 4.78 is 0. The third-order valence-electron chi connectivity index (χ3n) is 2.26. The first-order chi connectivity index (χ1) is 7.33. The van der Waals surface area contributed by atoms with E-state index in [9.17, 15) is 4.79 Å². The van der Waals surface area contributed by atoms with Crippen molar-refractivity contribution in [2.45, 2.75) is 20.8 Å². The molecule has 2 nitrogen and oxygen atoms in total. The molecule has 0 unspecified atom stereocenters. The molecule has 0 aliphatic heterocycles. The van der Waals surface area contributed by atoms with E-state index in [2.05, 4.69) is 25.7 Å². The molecule has 0 spiro atoms. The van der Waals surface area contributed by atoms with Crippen LogP contribution in [0.4, 0.5) is 5.69 Å². The van der Waals surface area contributed by atoms with Crippen molar-refractivity contribution >= 4 is 23.6 Å². The molecule has 0 aromatic heterocycles. The lowest BCUT2D eigenvalue weighted by atomic mass is 9.96. The molecule has 0 heterocycles. The van der Waals surface area contributed by atoms with E-state index in [1.807, 2.05) is 19.2 Å². The highest BCUT2D eigenvalue weighted by molar-refractivity contribution is 6.33. The lowest BCUT2D eigenvalue weighted by Crippen LogP contribution is -2.29. The van der Waals surface area contributed by atoms with Gasteiger partial charge in [0.2, 0.25) is 0 Å². The number of rotatable bonds is 3. The Morgan fingerprint density at radius 2 is 2.00 bits per heavy atom. The predicted octanol–water partition coefficient (Wildman–Crippen LogP) is 3.63. The van der Waals surface area contributed by atoms with E-state index in [-0.39, 0.29) is 5.41 Å². The molecule has 0 saturated carbocycles. The van der Waals surface area contributed by atoms with E-state index in [4.69, 9.17) is 11.6 Å². The highest BCUT2D eigenvalue weighted by Gasteiger charge is 2.14. The zero-order chi connectivity index (χ0) is 12.3. The molecule has 0 amide bonds. The molecule has 16 heavy (non-hydrogen) atoms. The van der Waals surface area contributed by atoms with Crippen LogP contribution in [-0.4, -0.2) is 19.9 Å². The van der Waals surface area contributed by atoms with Crippen LogP contribution in [0.2, 0.25) is 5.02 Å². The van der Waals surface area contributed by atoms with Gasteiger partial charge in [0.1, 0.15) is 0 Å². The van der Waals surface area contributed by atoms with Gasteiger partial charge in [0.25, 0.3) is 0 Å². The number of hydrogen-bond acceptors (Lipinski definition) is 2. The number of benzene rings is 1. The molecule has 1 aromatic rings. The predicted molar refractivity (Wildman–Crippen MR) is 69.6 cm³/mol. The lowest BCUT2D eigenvalue weighted by Gasteiger charge is -2.28. The first kappa shape index (κ1) is 13.0. The highest BCUT2D eigenvalue weighted by Crippen LogP contribution is 2.24. The van der Waals surface area contributed by atoms with Crippen molar-refractivity contribution in [2.75, 3.05) is 18.5 Å². The molecule has 88 valence electrons. The normalized spacial score (nSPS) is 11.3. The number of nitrogens with zero attached hydrogens (tertiary/aromatic N) is 1. The molecule has 0 aliphatic rings. The van der Waals surface area contributed by atoms with Crippen LogP contribution < -0.4 is 4.90 Å². The Hall–Kier alpha value is -1.02. The van der Waals surface area contributed by atoms with Gasteiger partial charge in [-0.25, -0.2) is 0 Å². The van der Waals surface area contributed by atoms with E-state index in [0.29, 0.717) is 10.6 Å². The largest absolute Gasteiger partial charge is 0.374 e. The quantitative estimate of drug-likeness (QED) is 0.751. The Kier molecular flexibility index (Phi) is 3.98. The van der Waals surface area contributed by atoms with Gasteiger partial charge in [-0.3, -0.25) is 4.79 Å². The Morgan fingerprint density at radius 1 is 1.38 bits per heavy atom. The second-order valence-corrected chi connectivity index (χ2v) is 5.65. The van der Waals surface area contributed by atoms with Crippen LogP contribution >= 0.6 is 11.6 Å². The summed E-state index contributed by atoms with van der Waals surface area (Å²) in [6, 6.07) is 5.50. The number of carbonyl (C=O) groups excluding carboxylic acids is 1. The molecule has 3 heteroatoms. The number of hydrogen-bond donors (Lipinski definition) is 0. The second-order valence-electron chi connectivity index (χ2n) is 5.24. The van der Waals surface area contributed by atoms with Gasteiger partial charge in [0.15, 0.2) is 6.29 Å². The smallest absolute Gasteiger partial charge is 0.151 e. The van der Waals surface area contributed by atoms with Crippen molar-refractivity contribution in [1.82, 2.24) is 0 Å². The van der Waals surface area contributed by atoms with E-state index < -0.39 is 0 Å². The SMILES string of the molecule is CN(CC(C)(C)C)c1ccc(C=O)c(Cl)c1. The molecule has 1 aromatic carbocycles. The minimum atomic E-state index is 0.227. The topological polar surface area (TPSA) is 20.3 Å². The van der Waals surface area contributed by atoms with Gasteiger partial charge in [0.05, 0.1) is 5.02 Å². The Morgan fingerprint density at radius 3 is 2.44 bits per heavy atom. The van der Waals surface area contributed by atoms with Crippen LogP contribution in [0.1, 0.15) is 31.1 Å². The molecule has 0 saturated heterocycles. The van der Waals surface area contributed by atoms with Crippen LogP contribution in [0.3, 0.4) is 0 Å². The standard InChI is InChI=1S/C13H18ClNO/c1-13(2,3)9-15(4)11-6-5-10(8-16)12(14)7-11/h5-8H,9H2,1-4H3. The summed E-state index contributed by atoms with van der Waals surface area (Å²) in [6.45, 7) is 7.49. The monoisotopic (exact) mass is 239 g/mol. The van der Waals surface area contributed by atoms with Crippen LogP contribution in [0.5, 0.6) is 0 Å². The Labute approximate surface area is 102 Å². The second kappa shape index (κ2) is 4.88. The van der Waals surface area contributed by atoms with Gasteiger partial charge >= 0.3 is 0 Å². The number of halogens is 1. The van der Waals surface area contributed by atoms with Crippen LogP contribution in [-0.2, 0) is 0 Å². The molecular formula is C13H18ClNO. The molecular weight excluding hydrogens is 222 g/mol. The van der Waals surface area contributed by atoms with Gasteiger partial charge in [-0.15, -0.1) is 0 Å². The third-order valence-corrected chi connectivity index (χ3v) is 2.59. The highest BCUT2D eigenvalue weighted by atomic mass is 35.5. The average molecular weight is 240 g/mol. The minimum Gasteiger partial charge on any atom is -0.374 e. The number of aldehydes is 1. The molecule has 0 aliphatic carbocycles. The maximum Gasteiger partial charge on any atom is 0.151 e. The van der Waals surface area contributed by atoms with Crippen molar-refractivity contribution in [2.24, 2.45) is 5.41 Å². The van der Waals surface area contributed by atoms with Crippen molar-refractivity contribution < 1.29 is 4.79 Å².